The number of nitrogens with zero attached hydrogens (tertiary/aromatic N) is 1. The van der Waals surface area contributed by atoms with Crippen LogP contribution < -0.4 is 4.90 Å². The lowest BCUT2D eigenvalue weighted by Gasteiger charge is -2.31. The van der Waals surface area contributed by atoms with Gasteiger partial charge in [0, 0.05) is 19.3 Å². The molecule has 2 rings (SSSR count). The van der Waals surface area contributed by atoms with Gasteiger partial charge in [-0.25, -0.2) is 0 Å². The van der Waals surface area contributed by atoms with Gasteiger partial charge in [0.2, 0.25) is 0 Å². The van der Waals surface area contributed by atoms with E-state index in [-0.39, 0.29) is 0 Å². The molecule has 0 saturated carbocycles. The Hall–Kier alpha value is -0.980. The highest BCUT2D eigenvalue weighted by atomic mass is 15.1. The third-order valence-electron chi connectivity index (χ3n) is 3.02. The molecule has 1 aliphatic rings. The van der Waals surface area contributed by atoms with E-state index >= 15 is 0 Å². The van der Waals surface area contributed by atoms with Gasteiger partial charge >= 0.3 is 0 Å². The quantitative estimate of drug-likeness (QED) is 0.586. The largest absolute Gasteiger partial charge is 0.374 e. The number of fused-ring (bicyclic) bond motifs is 1. The van der Waals surface area contributed by atoms with Crippen molar-refractivity contribution in [2.45, 2.75) is 26.2 Å². The van der Waals surface area contributed by atoms with Crippen LogP contribution in [0.25, 0.3) is 0 Å². The molecule has 1 aromatic rings. The minimum Gasteiger partial charge on any atom is -0.374 e. The topological polar surface area (TPSA) is 3.24 Å². The normalized spacial score (nSPS) is 21.5. The van der Waals surface area contributed by atoms with Crippen LogP contribution in [-0.2, 0) is 0 Å². The molecule has 0 aliphatic carbocycles. The van der Waals surface area contributed by atoms with Gasteiger partial charge in [0.05, 0.1) is 0 Å². The Balaban J connectivity index is 2.50. The first-order valence-electron chi connectivity index (χ1n) is 5.00. The van der Waals surface area contributed by atoms with E-state index in [1.807, 2.05) is 0 Å². The van der Waals surface area contributed by atoms with Crippen molar-refractivity contribution in [1.82, 2.24) is 0 Å². The first-order valence-corrected chi connectivity index (χ1v) is 5.00. The first-order chi connectivity index (χ1) is 6.18. The van der Waals surface area contributed by atoms with Crippen molar-refractivity contribution in [3.05, 3.63) is 29.3 Å². The molecule has 0 fully saturated rings. The number of hydrogen-bond acceptors (Lipinski definition) is 1. The molecule has 0 saturated heterocycles. The average Bonchev–Trinajstić information content (AvgIpc) is 2.12. The fourth-order valence-electron chi connectivity index (χ4n) is 2.08. The molecule has 0 bridgehead atoms. The Morgan fingerprint density at radius 2 is 2.15 bits per heavy atom. The maximum Gasteiger partial charge on any atom is 0.0399 e. The second-order valence-corrected chi connectivity index (χ2v) is 4.17. The van der Waals surface area contributed by atoms with Gasteiger partial charge in [0.15, 0.2) is 0 Å². The van der Waals surface area contributed by atoms with E-state index in [2.05, 4.69) is 44.0 Å². The zero-order chi connectivity index (χ0) is 9.42. The van der Waals surface area contributed by atoms with Gasteiger partial charge in [-0.2, -0.15) is 0 Å². The highest BCUT2D eigenvalue weighted by molar-refractivity contribution is 5.57. The Bertz CT molecular complexity index is 317. The molecule has 0 amide bonds. The van der Waals surface area contributed by atoms with Gasteiger partial charge in [-0.1, -0.05) is 24.6 Å². The summed E-state index contributed by atoms with van der Waals surface area (Å²) in [6.07, 6.45) is 1.28. The van der Waals surface area contributed by atoms with E-state index in [9.17, 15) is 0 Å². The van der Waals surface area contributed by atoms with E-state index in [1.165, 1.54) is 29.8 Å². The van der Waals surface area contributed by atoms with Crippen LogP contribution >= 0.6 is 0 Å². The molecule has 0 aromatic heterocycles. The van der Waals surface area contributed by atoms with Crippen LogP contribution in [-0.4, -0.2) is 13.6 Å². The standard InChI is InChI=1S/C12H17N/c1-9-4-5-12-11(8-9)10(2)6-7-13(12)3/h4-5,8,10H,6-7H2,1-3H3. The predicted octanol–water partition coefficient (Wildman–Crippen LogP) is 2.94. The van der Waals surface area contributed by atoms with Gasteiger partial charge in [0.25, 0.3) is 0 Å². The van der Waals surface area contributed by atoms with Crippen molar-refractivity contribution in [2.24, 2.45) is 0 Å². The van der Waals surface area contributed by atoms with E-state index in [4.69, 9.17) is 0 Å². The van der Waals surface area contributed by atoms with Gasteiger partial charge in [-0.3, -0.25) is 0 Å². The minimum absolute atomic E-state index is 0.728. The number of hydrogen-bond donors (Lipinski definition) is 0. The Kier molecular flexibility index (Phi) is 2.03. The molecule has 13 heavy (non-hydrogen) atoms. The first kappa shape index (κ1) is 8.61. The minimum atomic E-state index is 0.728. The van der Waals surface area contributed by atoms with Crippen LogP contribution in [0.4, 0.5) is 5.69 Å². The van der Waals surface area contributed by atoms with Crippen LogP contribution in [0, 0.1) is 6.92 Å². The highest BCUT2D eigenvalue weighted by Crippen LogP contribution is 2.34. The smallest absolute Gasteiger partial charge is 0.0399 e. The Morgan fingerprint density at radius 3 is 2.92 bits per heavy atom. The van der Waals surface area contributed by atoms with Gasteiger partial charge in [-0.05, 0) is 30.9 Å². The molecular weight excluding hydrogens is 158 g/mol. The Labute approximate surface area is 80.4 Å². The number of anilines is 1. The maximum absolute atomic E-state index is 2.36. The summed E-state index contributed by atoms with van der Waals surface area (Å²) in [6, 6.07) is 6.78. The van der Waals surface area contributed by atoms with Crippen LogP contribution in [0.2, 0.25) is 0 Å². The fraction of sp³-hybridized carbons (Fsp3) is 0.500. The number of benzene rings is 1. The van der Waals surface area contributed by atoms with Gasteiger partial charge in [0.1, 0.15) is 0 Å². The van der Waals surface area contributed by atoms with E-state index in [1.54, 1.807) is 0 Å². The summed E-state index contributed by atoms with van der Waals surface area (Å²) in [4.78, 5) is 2.36. The number of aryl methyl sites for hydroxylation is 1. The molecule has 0 spiro atoms. The zero-order valence-corrected chi connectivity index (χ0v) is 8.67. The molecule has 1 nitrogen and oxygen atoms in total. The SMILES string of the molecule is Cc1ccc2c(c1)C(C)CCN2C. The van der Waals surface area contributed by atoms with Crippen molar-refractivity contribution in [3.63, 3.8) is 0 Å². The van der Waals surface area contributed by atoms with E-state index in [0.29, 0.717) is 0 Å². The van der Waals surface area contributed by atoms with Crippen LogP contribution in [0.5, 0.6) is 0 Å². The Morgan fingerprint density at radius 1 is 1.38 bits per heavy atom. The van der Waals surface area contributed by atoms with Crippen molar-refractivity contribution in [1.29, 1.82) is 0 Å². The zero-order valence-electron chi connectivity index (χ0n) is 8.67. The molecule has 1 unspecified atom stereocenters. The van der Waals surface area contributed by atoms with Crippen molar-refractivity contribution >= 4 is 5.69 Å². The summed E-state index contributed by atoms with van der Waals surface area (Å²) in [5, 5.41) is 0. The molecule has 0 N–H and O–H groups in total. The highest BCUT2D eigenvalue weighted by Gasteiger charge is 2.19. The summed E-state index contributed by atoms with van der Waals surface area (Å²) in [5.41, 5.74) is 4.32. The van der Waals surface area contributed by atoms with Gasteiger partial charge < -0.3 is 4.90 Å². The summed E-state index contributed by atoms with van der Waals surface area (Å²) in [7, 11) is 2.18. The summed E-state index contributed by atoms with van der Waals surface area (Å²) < 4.78 is 0. The van der Waals surface area contributed by atoms with Crippen LogP contribution in [0.1, 0.15) is 30.4 Å². The molecule has 70 valence electrons. The van der Waals surface area contributed by atoms with E-state index in [0.717, 1.165) is 5.92 Å². The molecule has 0 radical (unpaired) electrons. The summed E-state index contributed by atoms with van der Waals surface area (Å²) in [6.45, 7) is 5.68. The molecule has 1 atom stereocenters. The van der Waals surface area contributed by atoms with Crippen molar-refractivity contribution in [2.75, 3.05) is 18.5 Å². The molecular formula is C12H17N. The summed E-state index contributed by atoms with van der Waals surface area (Å²) >= 11 is 0. The number of rotatable bonds is 0. The van der Waals surface area contributed by atoms with Gasteiger partial charge in [-0.15, -0.1) is 0 Å². The lowest BCUT2D eigenvalue weighted by atomic mass is 9.91. The van der Waals surface area contributed by atoms with Crippen molar-refractivity contribution in [3.8, 4) is 0 Å². The molecule has 1 heterocycles. The lowest BCUT2D eigenvalue weighted by molar-refractivity contribution is 0.636. The third kappa shape index (κ3) is 1.43. The predicted molar refractivity (Wildman–Crippen MR) is 57.5 cm³/mol. The average molecular weight is 175 g/mol. The van der Waals surface area contributed by atoms with Crippen molar-refractivity contribution < 1.29 is 0 Å². The van der Waals surface area contributed by atoms with Crippen LogP contribution in [0.3, 0.4) is 0 Å². The third-order valence-corrected chi connectivity index (χ3v) is 3.02. The summed E-state index contributed by atoms with van der Waals surface area (Å²) in [5.74, 6) is 0.728. The molecule has 1 aromatic carbocycles. The molecule has 1 aliphatic heterocycles. The molecule has 1 heteroatoms. The monoisotopic (exact) mass is 175 g/mol. The van der Waals surface area contributed by atoms with Crippen LogP contribution in [0.15, 0.2) is 18.2 Å². The lowest BCUT2D eigenvalue weighted by Crippen LogP contribution is -2.26. The maximum atomic E-state index is 2.36. The second kappa shape index (κ2) is 3.06. The second-order valence-electron chi connectivity index (χ2n) is 4.17. The fourth-order valence-corrected chi connectivity index (χ4v) is 2.08. The van der Waals surface area contributed by atoms with E-state index < -0.39 is 0 Å².